The van der Waals surface area contributed by atoms with Gasteiger partial charge in [0, 0.05) is 24.3 Å². The third-order valence-corrected chi connectivity index (χ3v) is 10.4. The van der Waals surface area contributed by atoms with Crippen LogP contribution in [0.2, 0.25) is 0 Å². The third kappa shape index (κ3) is 6.40. The zero-order chi connectivity index (χ0) is 34.7. The lowest BCUT2D eigenvalue weighted by atomic mass is 9.70. The topological polar surface area (TPSA) is 156 Å². The minimum Gasteiger partial charge on any atom is -0.455 e. The predicted molar refractivity (Wildman–Crippen MR) is 182 cm³/mol. The molecule has 0 aliphatic carbocycles. The van der Waals surface area contributed by atoms with Crippen molar-refractivity contribution in [1.29, 1.82) is 0 Å². The fourth-order valence-electron chi connectivity index (χ4n) is 7.40. The number of β-amino-alcohol motifs (C(OH)–C–C–N with tert-alkyl or cyclic N) is 1. The van der Waals surface area contributed by atoms with Gasteiger partial charge >= 0.3 is 5.97 Å². The van der Waals surface area contributed by atoms with Gasteiger partial charge in [0.25, 0.3) is 0 Å². The standard InChI is InChI=1S/C35H39BrN6O7/c1-3-5-15-27(44)37-20-26(22-11-7-6-8-12-22)48-34(47)28-29-32(45)41(17-18-43)31(35(29)19-23(36)30(28)49-35)33(46)40(16-4-2)21-42-25-14-10-9-13-24(25)38-39-42/h3-4,6-14,23,26,28-31,43H,1-2,5,15-21H2,(H,37,44)/t23?,26-,28-,29+,30-,31-,35+/m1/s1. The SMILES string of the molecule is C=CCCC(=O)NC[C@@H](OC(=O)[C@H]1[C@@H]2O[C@@]3(CC2Br)[C@@H]1C(=O)N(CCO)[C@@H]3C(=O)N(CC=C)Cn1nnc2ccccc21)c1ccccc1. The molecule has 6 rings (SSSR count). The van der Waals surface area contributed by atoms with Crippen LogP contribution < -0.4 is 5.32 Å². The van der Waals surface area contributed by atoms with Crippen LogP contribution in [0.15, 0.2) is 79.9 Å². The number of aliphatic hydroxyl groups is 1. The first-order chi connectivity index (χ1) is 23.7. The number of carbonyl (C=O) groups is 4. The molecular formula is C35H39BrN6O7. The van der Waals surface area contributed by atoms with Crippen molar-refractivity contribution in [3.63, 3.8) is 0 Å². The van der Waals surface area contributed by atoms with Crippen LogP contribution in [-0.4, -0.2) is 102 Å². The number of carbonyl (C=O) groups excluding carboxylic acids is 4. The van der Waals surface area contributed by atoms with Gasteiger partial charge in [0.1, 0.15) is 29.9 Å². The van der Waals surface area contributed by atoms with Gasteiger partial charge in [0.2, 0.25) is 17.7 Å². The molecule has 0 saturated carbocycles. The lowest BCUT2D eigenvalue weighted by Crippen LogP contribution is -2.57. The van der Waals surface area contributed by atoms with Crippen LogP contribution in [0.3, 0.4) is 0 Å². The summed E-state index contributed by atoms with van der Waals surface area (Å²) < 4.78 is 14.3. The highest BCUT2D eigenvalue weighted by molar-refractivity contribution is 9.09. The molecular weight excluding hydrogens is 696 g/mol. The smallest absolute Gasteiger partial charge is 0.313 e. The van der Waals surface area contributed by atoms with Gasteiger partial charge in [-0.15, -0.1) is 18.3 Å². The van der Waals surface area contributed by atoms with Crippen molar-refractivity contribution in [3.05, 3.63) is 85.5 Å². The van der Waals surface area contributed by atoms with Crippen LogP contribution in [0, 0.1) is 11.8 Å². The Morgan fingerprint density at radius 2 is 1.92 bits per heavy atom. The maximum Gasteiger partial charge on any atom is 0.313 e. The van der Waals surface area contributed by atoms with E-state index in [0.717, 1.165) is 5.52 Å². The number of esters is 1. The number of aliphatic hydroxyl groups excluding tert-OH is 1. The molecule has 3 saturated heterocycles. The highest BCUT2D eigenvalue weighted by Gasteiger charge is 2.77. The van der Waals surface area contributed by atoms with Gasteiger partial charge in [0.15, 0.2) is 0 Å². The summed E-state index contributed by atoms with van der Waals surface area (Å²) in [6.07, 6.45) is 2.68. The van der Waals surface area contributed by atoms with Gasteiger partial charge in [-0.1, -0.05) is 75.8 Å². The second kappa shape index (κ2) is 14.6. The normalized spacial score (nSPS) is 26.0. The Kier molecular flexibility index (Phi) is 10.3. The van der Waals surface area contributed by atoms with Crippen LogP contribution in [0.4, 0.5) is 0 Å². The molecule has 4 heterocycles. The van der Waals surface area contributed by atoms with E-state index in [1.807, 2.05) is 30.3 Å². The maximum absolute atomic E-state index is 14.6. The number of hydrogen-bond donors (Lipinski definition) is 2. The number of hydrogen-bond acceptors (Lipinski definition) is 9. The molecule has 3 amide bonds. The minimum atomic E-state index is -1.36. The van der Waals surface area contributed by atoms with E-state index in [2.05, 4.69) is 44.7 Å². The maximum atomic E-state index is 14.6. The van der Waals surface area contributed by atoms with Crippen molar-refractivity contribution in [2.75, 3.05) is 26.2 Å². The summed E-state index contributed by atoms with van der Waals surface area (Å²) in [7, 11) is 0. The van der Waals surface area contributed by atoms with Crippen molar-refractivity contribution in [2.24, 2.45) is 11.8 Å². The fraction of sp³-hybridized carbons (Fsp3) is 0.429. The Morgan fingerprint density at radius 3 is 2.65 bits per heavy atom. The molecule has 1 spiro atoms. The van der Waals surface area contributed by atoms with Gasteiger partial charge in [-0.3, -0.25) is 19.2 Å². The summed E-state index contributed by atoms with van der Waals surface area (Å²) >= 11 is 3.68. The molecule has 7 atom stereocenters. The molecule has 3 aliphatic heterocycles. The molecule has 14 heteroatoms. The number of ether oxygens (including phenoxy) is 2. The van der Waals surface area contributed by atoms with Crippen LogP contribution >= 0.6 is 15.9 Å². The van der Waals surface area contributed by atoms with E-state index in [4.69, 9.17) is 9.47 Å². The second-order valence-electron chi connectivity index (χ2n) is 12.5. The number of allylic oxidation sites excluding steroid dienone is 1. The Morgan fingerprint density at radius 1 is 1.16 bits per heavy atom. The summed E-state index contributed by atoms with van der Waals surface area (Å²) in [4.78, 5) is 58.0. The first-order valence-electron chi connectivity index (χ1n) is 16.3. The van der Waals surface area contributed by atoms with Crippen molar-refractivity contribution in [2.45, 2.75) is 54.6 Å². The second-order valence-corrected chi connectivity index (χ2v) is 13.6. The Labute approximate surface area is 292 Å². The number of amides is 3. The minimum absolute atomic E-state index is 0.0215. The van der Waals surface area contributed by atoms with E-state index in [0.29, 0.717) is 17.5 Å². The number of nitrogens with zero attached hydrogens (tertiary/aromatic N) is 5. The molecule has 258 valence electrons. The van der Waals surface area contributed by atoms with Crippen molar-refractivity contribution >= 4 is 50.7 Å². The number of para-hydroxylation sites is 1. The number of benzene rings is 2. The number of rotatable bonds is 15. The zero-order valence-electron chi connectivity index (χ0n) is 26.9. The van der Waals surface area contributed by atoms with Crippen LogP contribution in [-0.2, 0) is 35.3 Å². The predicted octanol–water partition coefficient (Wildman–Crippen LogP) is 2.51. The number of halogens is 1. The van der Waals surface area contributed by atoms with E-state index < -0.39 is 60.1 Å². The summed E-state index contributed by atoms with van der Waals surface area (Å²) in [6.45, 7) is 7.14. The van der Waals surface area contributed by atoms with Crippen LogP contribution in [0.1, 0.15) is 30.9 Å². The lowest BCUT2D eigenvalue weighted by molar-refractivity contribution is -0.160. The molecule has 3 aliphatic rings. The Hall–Kier alpha value is -4.40. The molecule has 13 nitrogen and oxygen atoms in total. The number of aromatic nitrogens is 3. The molecule has 3 fully saturated rings. The lowest BCUT2D eigenvalue weighted by Gasteiger charge is -2.36. The average Bonchev–Trinajstić information content (AvgIpc) is 3.83. The first kappa shape index (κ1) is 34.5. The van der Waals surface area contributed by atoms with Crippen molar-refractivity contribution < 1.29 is 33.8 Å². The Balaban J connectivity index is 1.29. The zero-order valence-corrected chi connectivity index (χ0v) is 28.5. The number of nitrogens with one attached hydrogen (secondary N) is 1. The van der Waals surface area contributed by atoms with E-state index in [1.165, 1.54) is 9.80 Å². The fourth-order valence-corrected chi connectivity index (χ4v) is 8.34. The van der Waals surface area contributed by atoms with Crippen molar-refractivity contribution in [1.82, 2.24) is 30.1 Å². The van der Waals surface area contributed by atoms with Crippen molar-refractivity contribution in [3.8, 4) is 0 Å². The molecule has 0 radical (unpaired) electrons. The summed E-state index contributed by atoms with van der Waals surface area (Å²) in [6, 6.07) is 15.3. The highest BCUT2D eigenvalue weighted by atomic mass is 79.9. The van der Waals surface area contributed by atoms with Crippen LogP contribution in [0.25, 0.3) is 11.0 Å². The number of alkyl halides is 1. The van der Waals surface area contributed by atoms with E-state index in [-0.39, 0.29) is 49.9 Å². The third-order valence-electron chi connectivity index (χ3n) is 9.51. The largest absolute Gasteiger partial charge is 0.455 e. The Bertz CT molecular complexity index is 1740. The van der Waals surface area contributed by atoms with E-state index in [9.17, 15) is 24.3 Å². The summed E-state index contributed by atoms with van der Waals surface area (Å²) in [5, 5.41) is 21.3. The molecule has 2 N–H and O–H groups in total. The van der Waals surface area contributed by atoms with Gasteiger partial charge in [0.05, 0.1) is 36.6 Å². The van der Waals surface area contributed by atoms with Crippen LogP contribution in [0.5, 0.6) is 0 Å². The van der Waals surface area contributed by atoms with Gasteiger partial charge < -0.3 is 29.7 Å². The molecule has 2 bridgehead atoms. The quantitative estimate of drug-likeness (QED) is 0.136. The average molecular weight is 736 g/mol. The van der Waals surface area contributed by atoms with Gasteiger partial charge in [-0.25, -0.2) is 4.68 Å². The van der Waals surface area contributed by atoms with E-state index in [1.54, 1.807) is 41.1 Å². The highest BCUT2D eigenvalue weighted by Crippen LogP contribution is 2.60. The number of fused-ring (bicyclic) bond motifs is 2. The monoisotopic (exact) mass is 734 g/mol. The number of likely N-dealkylation sites (tertiary alicyclic amines) is 1. The molecule has 2 aromatic carbocycles. The van der Waals surface area contributed by atoms with E-state index >= 15 is 0 Å². The van der Waals surface area contributed by atoms with Gasteiger partial charge in [-0.05, 0) is 30.5 Å². The molecule has 3 aromatic rings. The first-order valence-corrected chi connectivity index (χ1v) is 17.2. The molecule has 49 heavy (non-hydrogen) atoms. The molecule has 1 unspecified atom stereocenters. The summed E-state index contributed by atoms with van der Waals surface area (Å²) in [5.41, 5.74) is 0.692. The summed E-state index contributed by atoms with van der Waals surface area (Å²) in [5.74, 6) is -3.85. The molecule has 1 aromatic heterocycles. The van der Waals surface area contributed by atoms with Gasteiger partial charge in [-0.2, -0.15) is 0 Å².